The van der Waals surface area contributed by atoms with Crippen molar-refractivity contribution in [3.63, 3.8) is 0 Å². The van der Waals surface area contributed by atoms with Crippen LogP contribution in [0.2, 0.25) is 18.1 Å². The molecule has 0 aromatic carbocycles. The molecule has 0 unspecified atom stereocenters. The normalized spacial score (nSPS) is 26.6. The maximum absolute atomic E-state index is 12.2. The molecule has 0 heterocycles. The third-order valence-corrected chi connectivity index (χ3v) is 9.71. The van der Waals surface area contributed by atoms with E-state index in [2.05, 4.69) is 33.9 Å². The maximum Gasteiger partial charge on any atom is 0.316 e. The Morgan fingerprint density at radius 3 is 2.24 bits per heavy atom. The first-order valence-electron chi connectivity index (χ1n) is 7.63. The van der Waals surface area contributed by atoms with Crippen molar-refractivity contribution in [2.75, 3.05) is 7.11 Å². The number of hydrogen-bond donors (Lipinski definition) is 0. The van der Waals surface area contributed by atoms with Gasteiger partial charge >= 0.3 is 5.97 Å². The molecule has 1 aliphatic carbocycles. The molecule has 5 heteroatoms. The number of ether oxygens (including phenoxy) is 1. The van der Waals surface area contributed by atoms with Gasteiger partial charge in [0, 0.05) is 11.8 Å². The monoisotopic (exact) mass is 314 g/mol. The summed E-state index contributed by atoms with van der Waals surface area (Å²) in [5.41, 5.74) is -0.530. The van der Waals surface area contributed by atoms with E-state index in [-0.39, 0.29) is 16.9 Å². The first kappa shape index (κ1) is 18.4. The molecule has 0 amide bonds. The van der Waals surface area contributed by atoms with Gasteiger partial charge in [-0.3, -0.25) is 9.59 Å². The molecule has 0 saturated heterocycles. The van der Waals surface area contributed by atoms with E-state index in [0.29, 0.717) is 12.8 Å². The zero-order valence-corrected chi connectivity index (χ0v) is 15.7. The average molecular weight is 314 g/mol. The second kappa shape index (κ2) is 5.84. The number of rotatable bonds is 3. The highest BCUT2D eigenvalue weighted by Crippen LogP contribution is 2.46. The Morgan fingerprint density at radius 2 is 1.81 bits per heavy atom. The van der Waals surface area contributed by atoms with Gasteiger partial charge < -0.3 is 9.16 Å². The van der Waals surface area contributed by atoms with E-state index in [9.17, 15) is 9.59 Å². The molecule has 0 N–H and O–H groups in total. The van der Waals surface area contributed by atoms with Gasteiger partial charge in [-0.25, -0.2) is 0 Å². The molecule has 0 aromatic heterocycles. The van der Waals surface area contributed by atoms with Gasteiger partial charge in [0.2, 0.25) is 0 Å². The lowest BCUT2D eigenvalue weighted by Gasteiger charge is -2.48. The molecule has 0 aromatic rings. The molecule has 1 saturated carbocycles. The summed E-state index contributed by atoms with van der Waals surface area (Å²) in [6.07, 6.45) is 0.995. The van der Waals surface area contributed by atoms with Crippen molar-refractivity contribution in [1.82, 2.24) is 0 Å². The Balaban J connectivity index is 3.05. The molecule has 1 fully saturated rings. The quantitative estimate of drug-likeness (QED) is 0.454. The van der Waals surface area contributed by atoms with Gasteiger partial charge in [0.1, 0.15) is 11.7 Å². The maximum atomic E-state index is 12.2. The zero-order valence-electron chi connectivity index (χ0n) is 14.7. The molecular formula is C16H30O4Si. The first-order chi connectivity index (χ1) is 9.34. The van der Waals surface area contributed by atoms with Crippen LogP contribution in [0.1, 0.15) is 47.5 Å². The van der Waals surface area contributed by atoms with E-state index in [4.69, 9.17) is 9.16 Å². The van der Waals surface area contributed by atoms with Gasteiger partial charge in [-0.1, -0.05) is 34.6 Å². The van der Waals surface area contributed by atoms with Crippen molar-refractivity contribution in [3.05, 3.63) is 0 Å². The molecule has 122 valence electrons. The van der Waals surface area contributed by atoms with E-state index in [1.165, 1.54) is 7.11 Å². The number of carbonyl (C=O) groups is 2. The number of esters is 1. The fraction of sp³-hybridized carbons (Fsp3) is 0.875. The van der Waals surface area contributed by atoms with Crippen LogP contribution in [-0.4, -0.2) is 33.3 Å². The Bertz CT molecular complexity index is 412. The molecule has 0 aliphatic heterocycles. The minimum Gasteiger partial charge on any atom is -0.468 e. The Hall–Kier alpha value is -0.683. The van der Waals surface area contributed by atoms with Crippen LogP contribution in [0.25, 0.3) is 0 Å². The fourth-order valence-electron chi connectivity index (χ4n) is 2.69. The predicted molar refractivity (Wildman–Crippen MR) is 85.6 cm³/mol. The standard InChI is InChI=1S/C16H30O4Si/c1-15(2,3)21(7,8)20-12-10-9-11(17)13(14(18)19-6)16(12,4)5/h12-13H,9-10H2,1-8H3/t12-,13+/m1/s1. The highest BCUT2D eigenvalue weighted by molar-refractivity contribution is 6.74. The lowest BCUT2D eigenvalue weighted by atomic mass is 9.66. The van der Waals surface area contributed by atoms with Crippen molar-refractivity contribution in [3.8, 4) is 0 Å². The summed E-state index contributed by atoms with van der Waals surface area (Å²) in [5.74, 6) is -1.18. The first-order valence-corrected chi connectivity index (χ1v) is 10.5. The van der Waals surface area contributed by atoms with Crippen LogP contribution >= 0.6 is 0 Å². The molecule has 2 atom stereocenters. The van der Waals surface area contributed by atoms with Crippen LogP contribution in [0.15, 0.2) is 0 Å². The smallest absolute Gasteiger partial charge is 0.316 e. The Kier molecular flexibility index (Phi) is 5.11. The second-order valence-electron chi connectivity index (χ2n) is 8.15. The van der Waals surface area contributed by atoms with Crippen molar-refractivity contribution in [2.45, 2.75) is 71.7 Å². The second-order valence-corrected chi connectivity index (χ2v) is 12.9. The third-order valence-electron chi connectivity index (χ3n) is 5.23. The highest BCUT2D eigenvalue weighted by atomic mass is 28.4. The summed E-state index contributed by atoms with van der Waals surface area (Å²) >= 11 is 0. The molecule has 0 spiro atoms. The van der Waals surface area contributed by atoms with Crippen LogP contribution in [0.4, 0.5) is 0 Å². The van der Waals surface area contributed by atoms with E-state index < -0.39 is 25.6 Å². The van der Waals surface area contributed by atoms with Crippen molar-refractivity contribution in [2.24, 2.45) is 11.3 Å². The number of carbonyl (C=O) groups excluding carboxylic acids is 2. The number of hydrogen-bond acceptors (Lipinski definition) is 4. The van der Waals surface area contributed by atoms with Gasteiger partial charge in [0.05, 0.1) is 13.2 Å². The van der Waals surface area contributed by atoms with Gasteiger partial charge in [-0.2, -0.15) is 0 Å². The molecule has 21 heavy (non-hydrogen) atoms. The van der Waals surface area contributed by atoms with Crippen LogP contribution in [0.5, 0.6) is 0 Å². The van der Waals surface area contributed by atoms with Crippen molar-refractivity contribution >= 4 is 20.1 Å². The van der Waals surface area contributed by atoms with Crippen LogP contribution < -0.4 is 0 Å². The Labute approximate surface area is 129 Å². The topological polar surface area (TPSA) is 52.6 Å². The van der Waals surface area contributed by atoms with E-state index in [0.717, 1.165) is 0 Å². The van der Waals surface area contributed by atoms with Gasteiger partial charge in [0.15, 0.2) is 8.32 Å². The molecule has 4 nitrogen and oxygen atoms in total. The minimum atomic E-state index is -1.94. The van der Waals surface area contributed by atoms with Gasteiger partial charge in [0.25, 0.3) is 0 Å². The largest absolute Gasteiger partial charge is 0.468 e. The van der Waals surface area contributed by atoms with Crippen molar-refractivity contribution in [1.29, 1.82) is 0 Å². The summed E-state index contributed by atoms with van der Waals surface area (Å²) in [5, 5.41) is 0.102. The molecule has 1 aliphatic rings. The van der Waals surface area contributed by atoms with Crippen LogP contribution in [-0.2, 0) is 18.8 Å². The number of methoxy groups -OCH3 is 1. The molecule has 0 bridgehead atoms. The van der Waals surface area contributed by atoms with Crippen molar-refractivity contribution < 1.29 is 18.8 Å². The molecular weight excluding hydrogens is 284 g/mol. The van der Waals surface area contributed by atoms with Crippen LogP contribution in [0.3, 0.4) is 0 Å². The van der Waals surface area contributed by atoms with E-state index in [1.54, 1.807) is 0 Å². The predicted octanol–water partition coefficient (Wildman–Crippen LogP) is 3.56. The molecule has 1 rings (SSSR count). The molecule has 0 radical (unpaired) electrons. The zero-order chi connectivity index (χ0) is 16.6. The third kappa shape index (κ3) is 3.56. The van der Waals surface area contributed by atoms with Gasteiger partial charge in [-0.15, -0.1) is 0 Å². The van der Waals surface area contributed by atoms with E-state index >= 15 is 0 Å². The fourth-order valence-corrected chi connectivity index (χ4v) is 4.17. The summed E-state index contributed by atoms with van der Waals surface area (Å²) in [6, 6.07) is 0. The lowest BCUT2D eigenvalue weighted by molar-refractivity contribution is -0.161. The average Bonchev–Trinajstić information content (AvgIpc) is 2.30. The lowest BCUT2D eigenvalue weighted by Crippen LogP contribution is -2.55. The summed E-state index contributed by atoms with van der Waals surface area (Å²) in [6.45, 7) is 14.9. The summed E-state index contributed by atoms with van der Waals surface area (Å²) in [7, 11) is -0.604. The van der Waals surface area contributed by atoms with Gasteiger partial charge in [-0.05, 0) is 24.6 Å². The SMILES string of the molecule is COC(=O)[C@@H]1C(=O)CC[C@@H](O[Si](C)(C)C(C)(C)C)C1(C)C. The van der Waals surface area contributed by atoms with Crippen LogP contribution in [0, 0.1) is 11.3 Å². The Morgan fingerprint density at radius 1 is 1.29 bits per heavy atom. The summed E-state index contributed by atoms with van der Waals surface area (Å²) in [4.78, 5) is 24.2. The van der Waals surface area contributed by atoms with E-state index in [1.807, 2.05) is 13.8 Å². The number of ketones is 1. The minimum absolute atomic E-state index is 0.0260. The summed E-state index contributed by atoms with van der Waals surface area (Å²) < 4.78 is 11.3. The number of Topliss-reactive ketones (excluding diaryl/α,β-unsaturated/α-hetero) is 1. The highest BCUT2D eigenvalue weighted by Gasteiger charge is 2.52.